The molecule has 43 heavy (non-hydrogen) atoms. The molecule has 15 heteroatoms. The first-order valence-corrected chi connectivity index (χ1v) is 13.3. The lowest BCUT2D eigenvalue weighted by Gasteiger charge is -2.22. The second kappa shape index (κ2) is 11.8. The molecule has 3 aromatic rings. The number of rotatable bonds is 8. The summed E-state index contributed by atoms with van der Waals surface area (Å²) < 4.78 is 90.1. The number of alkyl halides is 3. The average Bonchev–Trinajstić information content (AvgIpc) is 3.69. The van der Waals surface area contributed by atoms with Crippen LogP contribution in [-0.4, -0.2) is 52.0 Å². The van der Waals surface area contributed by atoms with Crippen molar-refractivity contribution < 1.29 is 40.7 Å². The SMILES string of the molecule is CC(CNc1ccc2c(=O)c(C(=O)NC(C3CC3)C(F)(F)F)cn(-c3c(F)cc(F)cc3F)c2n1)NC(=O)OC(C)(C)C. The number of amides is 2. The monoisotopic (exact) mass is 613 g/mol. The van der Waals surface area contributed by atoms with Crippen LogP contribution in [0.25, 0.3) is 16.7 Å². The zero-order valence-electron chi connectivity index (χ0n) is 23.5. The molecule has 2 heterocycles. The van der Waals surface area contributed by atoms with Crippen molar-refractivity contribution in [2.45, 2.75) is 64.4 Å². The zero-order valence-corrected chi connectivity index (χ0v) is 23.5. The summed E-state index contributed by atoms with van der Waals surface area (Å²) in [5.41, 5.74) is -3.89. The molecule has 0 bridgehead atoms. The third-order valence-electron chi connectivity index (χ3n) is 6.40. The normalized spacial score (nSPS) is 15.1. The molecule has 2 amide bonds. The lowest BCUT2D eigenvalue weighted by atomic mass is 10.1. The van der Waals surface area contributed by atoms with Gasteiger partial charge >= 0.3 is 12.3 Å². The van der Waals surface area contributed by atoms with Crippen LogP contribution in [0.4, 0.5) is 37.0 Å². The quantitative estimate of drug-likeness (QED) is 0.301. The predicted molar refractivity (Wildman–Crippen MR) is 145 cm³/mol. The Balaban J connectivity index is 1.73. The first kappa shape index (κ1) is 31.6. The third-order valence-corrected chi connectivity index (χ3v) is 6.40. The van der Waals surface area contributed by atoms with Gasteiger partial charge in [-0.25, -0.2) is 22.9 Å². The van der Waals surface area contributed by atoms with Gasteiger partial charge in [0.05, 0.1) is 5.39 Å². The molecule has 9 nitrogen and oxygen atoms in total. The van der Waals surface area contributed by atoms with Crippen LogP contribution in [0.1, 0.15) is 50.9 Å². The number of benzene rings is 1. The molecule has 0 saturated heterocycles. The van der Waals surface area contributed by atoms with Crippen molar-refractivity contribution in [1.29, 1.82) is 0 Å². The van der Waals surface area contributed by atoms with Crippen LogP contribution in [-0.2, 0) is 4.74 Å². The van der Waals surface area contributed by atoms with E-state index in [-0.39, 0.29) is 36.2 Å². The maximum Gasteiger partial charge on any atom is 0.408 e. The summed E-state index contributed by atoms with van der Waals surface area (Å²) in [6, 6.07) is 0.482. The Hall–Kier alpha value is -4.30. The molecule has 2 aromatic heterocycles. The molecule has 1 aromatic carbocycles. The highest BCUT2D eigenvalue weighted by Crippen LogP contribution is 2.40. The zero-order chi connectivity index (χ0) is 31.9. The fourth-order valence-electron chi connectivity index (χ4n) is 4.33. The highest BCUT2D eigenvalue weighted by molar-refractivity contribution is 5.97. The van der Waals surface area contributed by atoms with Crippen molar-refractivity contribution in [2.75, 3.05) is 11.9 Å². The van der Waals surface area contributed by atoms with E-state index in [0.717, 1.165) is 0 Å². The molecule has 1 fully saturated rings. The maximum atomic E-state index is 14.9. The van der Waals surface area contributed by atoms with Crippen molar-refractivity contribution in [3.05, 3.63) is 63.7 Å². The Morgan fingerprint density at radius 1 is 1.07 bits per heavy atom. The van der Waals surface area contributed by atoms with E-state index in [9.17, 15) is 40.7 Å². The fraction of sp³-hybridized carbons (Fsp3) is 0.429. The van der Waals surface area contributed by atoms with Gasteiger partial charge in [0, 0.05) is 30.9 Å². The summed E-state index contributed by atoms with van der Waals surface area (Å²) in [5, 5.41) is 6.97. The minimum Gasteiger partial charge on any atom is -0.444 e. The smallest absolute Gasteiger partial charge is 0.408 e. The Labute approximate surface area is 241 Å². The number of hydrogen-bond acceptors (Lipinski definition) is 6. The van der Waals surface area contributed by atoms with Gasteiger partial charge in [0.25, 0.3) is 5.91 Å². The molecule has 2 unspecified atom stereocenters. The van der Waals surface area contributed by atoms with E-state index in [1.807, 2.05) is 5.32 Å². The van der Waals surface area contributed by atoms with Crippen molar-refractivity contribution in [3.63, 3.8) is 0 Å². The predicted octanol–water partition coefficient (Wildman–Crippen LogP) is 5.20. The van der Waals surface area contributed by atoms with Gasteiger partial charge in [-0.2, -0.15) is 13.2 Å². The molecule has 232 valence electrons. The van der Waals surface area contributed by atoms with Gasteiger partial charge in [-0.15, -0.1) is 0 Å². The largest absolute Gasteiger partial charge is 0.444 e. The highest BCUT2D eigenvalue weighted by atomic mass is 19.4. The number of halogens is 6. The van der Waals surface area contributed by atoms with Crippen LogP contribution in [0.2, 0.25) is 0 Å². The van der Waals surface area contributed by atoms with E-state index in [1.54, 1.807) is 27.7 Å². The third kappa shape index (κ3) is 7.56. The van der Waals surface area contributed by atoms with Crippen LogP contribution in [0, 0.1) is 23.4 Å². The Morgan fingerprint density at radius 2 is 1.70 bits per heavy atom. The number of aromatic nitrogens is 2. The van der Waals surface area contributed by atoms with Crippen molar-refractivity contribution in [1.82, 2.24) is 20.2 Å². The minimum absolute atomic E-state index is 0.0736. The lowest BCUT2D eigenvalue weighted by Crippen LogP contribution is -2.48. The summed E-state index contributed by atoms with van der Waals surface area (Å²) in [6.07, 6.45) is -4.35. The number of hydrogen-bond donors (Lipinski definition) is 3. The topological polar surface area (TPSA) is 114 Å². The number of nitrogens with zero attached hydrogens (tertiary/aromatic N) is 2. The van der Waals surface area contributed by atoms with Gasteiger partial charge in [-0.1, -0.05) is 0 Å². The van der Waals surface area contributed by atoms with Gasteiger partial charge in [0.15, 0.2) is 17.3 Å². The van der Waals surface area contributed by atoms with E-state index in [0.29, 0.717) is 22.9 Å². The van der Waals surface area contributed by atoms with Crippen molar-refractivity contribution >= 4 is 28.9 Å². The second-order valence-electron chi connectivity index (χ2n) is 11.3. The van der Waals surface area contributed by atoms with Gasteiger partial charge < -0.3 is 20.7 Å². The molecule has 0 spiro atoms. The summed E-state index contributed by atoms with van der Waals surface area (Å²) >= 11 is 0. The van der Waals surface area contributed by atoms with E-state index >= 15 is 0 Å². The molecular weight excluding hydrogens is 584 g/mol. The highest BCUT2D eigenvalue weighted by Gasteiger charge is 2.50. The fourth-order valence-corrected chi connectivity index (χ4v) is 4.33. The van der Waals surface area contributed by atoms with E-state index in [1.165, 1.54) is 12.1 Å². The molecule has 1 aliphatic rings. The Bertz CT molecular complexity index is 1590. The van der Waals surface area contributed by atoms with E-state index in [2.05, 4.69) is 15.6 Å². The van der Waals surface area contributed by atoms with Crippen LogP contribution in [0.15, 0.2) is 35.3 Å². The first-order valence-electron chi connectivity index (χ1n) is 13.3. The average molecular weight is 614 g/mol. The summed E-state index contributed by atoms with van der Waals surface area (Å²) in [5.74, 6) is -6.28. The number of nitrogens with one attached hydrogen (secondary N) is 3. The molecule has 4 rings (SSSR count). The van der Waals surface area contributed by atoms with Crippen LogP contribution in [0.3, 0.4) is 0 Å². The molecule has 1 aliphatic carbocycles. The van der Waals surface area contributed by atoms with Gasteiger partial charge in [-0.3, -0.25) is 14.2 Å². The van der Waals surface area contributed by atoms with Gasteiger partial charge in [0.1, 0.15) is 34.5 Å². The number of carbonyl (C=O) groups is 2. The first-order chi connectivity index (χ1) is 19.9. The number of pyridine rings is 2. The number of ether oxygens (including phenoxy) is 1. The Morgan fingerprint density at radius 3 is 2.26 bits per heavy atom. The molecular formula is C28H29F6N5O4. The minimum atomic E-state index is -4.79. The number of alkyl carbamates (subject to hydrolysis) is 1. The van der Waals surface area contributed by atoms with Gasteiger partial charge in [-0.05, 0) is 58.6 Å². The molecule has 1 saturated carbocycles. The molecule has 3 N–H and O–H groups in total. The van der Waals surface area contributed by atoms with Crippen molar-refractivity contribution in [3.8, 4) is 5.69 Å². The molecule has 0 aliphatic heterocycles. The standard InChI is InChI=1S/C28H29F6N5O4/c1-13(36-26(42)43-27(2,3)4)11-35-20-8-7-16-22(40)17(25(41)38-23(14-5-6-14)28(32,33)34)12-39(24(16)37-20)21-18(30)9-15(29)10-19(21)31/h7-10,12-14,23H,5-6,11H2,1-4H3,(H,35,37)(H,36,42)(H,38,41). The summed E-state index contributed by atoms with van der Waals surface area (Å²) in [6.45, 7) is 6.81. The summed E-state index contributed by atoms with van der Waals surface area (Å²) in [7, 11) is 0. The maximum absolute atomic E-state index is 14.9. The second-order valence-corrected chi connectivity index (χ2v) is 11.3. The van der Waals surface area contributed by atoms with E-state index < -0.39 is 75.9 Å². The number of carbonyl (C=O) groups excluding carboxylic acids is 2. The molecule has 2 atom stereocenters. The van der Waals surface area contributed by atoms with Crippen LogP contribution >= 0.6 is 0 Å². The number of anilines is 1. The summed E-state index contributed by atoms with van der Waals surface area (Å²) in [4.78, 5) is 42.5. The van der Waals surface area contributed by atoms with Crippen LogP contribution < -0.4 is 21.4 Å². The molecule has 0 radical (unpaired) electrons. The van der Waals surface area contributed by atoms with E-state index in [4.69, 9.17) is 4.74 Å². The van der Waals surface area contributed by atoms with Crippen LogP contribution in [0.5, 0.6) is 0 Å². The Kier molecular flexibility index (Phi) is 8.65. The lowest BCUT2D eigenvalue weighted by molar-refractivity contribution is -0.158. The van der Waals surface area contributed by atoms with Crippen molar-refractivity contribution in [2.24, 2.45) is 5.92 Å². The number of fused-ring (bicyclic) bond motifs is 1. The van der Waals surface area contributed by atoms with Gasteiger partial charge in [0.2, 0.25) is 5.43 Å².